The minimum atomic E-state index is -5.56. The van der Waals surface area contributed by atoms with Gasteiger partial charge in [-0.05, 0) is 10.3 Å². The smallest absolute Gasteiger partial charge is 0.304 e. The van der Waals surface area contributed by atoms with E-state index in [1.54, 1.807) is 0 Å². The molecule has 82 valence electrons. The van der Waals surface area contributed by atoms with Gasteiger partial charge in [0.25, 0.3) is 5.76 Å². The van der Waals surface area contributed by atoms with Crippen molar-refractivity contribution in [2.24, 2.45) is 0 Å². The highest BCUT2D eigenvalue weighted by atomic mass is 19.4. The molecular formula is C4F7NO2. The van der Waals surface area contributed by atoms with Gasteiger partial charge < -0.3 is 4.89 Å². The molecule has 0 saturated carbocycles. The summed E-state index contributed by atoms with van der Waals surface area (Å²) in [5.41, 5.74) is -2.68. The number of rotatable bonds is 0. The van der Waals surface area contributed by atoms with Crippen LogP contribution in [0.1, 0.15) is 0 Å². The second-order valence-corrected chi connectivity index (χ2v) is 2.08. The van der Waals surface area contributed by atoms with E-state index < -0.39 is 29.1 Å². The first-order chi connectivity index (χ1) is 6.14. The van der Waals surface area contributed by atoms with Crippen LogP contribution >= 0.6 is 0 Å². The lowest BCUT2D eigenvalue weighted by molar-refractivity contribution is -0.437. The van der Waals surface area contributed by atoms with E-state index in [0.29, 0.717) is 0 Å². The first kappa shape index (κ1) is 10.9. The van der Waals surface area contributed by atoms with E-state index in [0.717, 1.165) is 0 Å². The number of hydroxylamine groups is 1. The number of halogens is 7. The molecule has 1 rings (SSSR count). The highest BCUT2D eigenvalue weighted by Crippen LogP contribution is 2.42. The van der Waals surface area contributed by atoms with Crippen molar-refractivity contribution in [3.05, 3.63) is 11.5 Å². The molecule has 0 fully saturated rings. The molecule has 0 aliphatic carbocycles. The molecule has 1 heterocycles. The standard InChI is InChI=1S/C4F7NO2/c5-3(6,7)1-2(4(8,9)10)13-14-12(1)11. The zero-order valence-electron chi connectivity index (χ0n) is 5.91. The fourth-order valence-electron chi connectivity index (χ4n) is 0.636. The van der Waals surface area contributed by atoms with E-state index in [-0.39, 0.29) is 0 Å². The normalized spacial score (nSPS) is 18.9. The molecule has 0 saturated heterocycles. The maximum atomic E-state index is 12.1. The molecule has 1 aliphatic rings. The Balaban J connectivity index is 3.16. The van der Waals surface area contributed by atoms with Gasteiger partial charge in [-0.1, -0.05) is 4.48 Å². The number of hydrogen-bond donors (Lipinski definition) is 0. The van der Waals surface area contributed by atoms with Crippen molar-refractivity contribution in [3.63, 3.8) is 0 Å². The average Bonchev–Trinajstić information content (AvgIpc) is 2.27. The molecule has 0 radical (unpaired) electrons. The van der Waals surface area contributed by atoms with Gasteiger partial charge >= 0.3 is 12.4 Å². The minimum absolute atomic E-state index is 1.64. The molecule has 0 amide bonds. The van der Waals surface area contributed by atoms with Crippen LogP contribution in [0.15, 0.2) is 11.5 Å². The van der Waals surface area contributed by atoms with Gasteiger partial charge in [0.1, 0.15) is 0 Å². The van der Waals surface area contributed by atoms with Crippen LogP contribution in [0.4, 0.5) is 30.8 Å². The fraction of sp³-hybridized carbons (Fsp3) is 0.500. The third-order valence-electron chi connectivity index (χ3n) is 1.10. The van der Waals surface area contributed by atoms with Gasteiger partial charge in [-0.3, -0.25) is 0 Å². The quantitative estimate of drug-likeness (QED) is 0.360. The van der Waals surface area contributed by atoms with Gasteiger partial charge in [0.15, 0.2) is 0 Å². The Bertz CT molecular complexity index is 266. The predicted octanol–water partition coefficient (Wildman–Crippen LogP) is 2.39. The number of alkyl halides is 6. The van der Waals surface area contributed by atoms with Crippen molar-refractivity contribution >= 4 is 0 Å². The summed E-state index contributed by atoms with van der Waals surface area (Å²) in [6, 6.07) is 0. The zero-order valence-corrected chi connectivity index (χ0v) is 5.91. The van der Waals surface area contributed by atoms with Crippen molar-refractivity contribution < 1.29 is 40.7 Å². The van der Waals surface area contributed by atoms with E-state index in [4.69, 9.17) is 0 Å². The fourth-order valence-corrected chi connectivity index (χ4v) is 0.636. The summed E-state index contributed by atoms with van der Waals surface area (Å²) in [5.74, 6) is -2.58. The third-order valence-corrected chi connectivity index (χ3v) is 1.10. The Hall–Kier alpha value is -1.19. The van der Waals surface area contributed by atoms with Crippen LogP contribution in [-0.4, -0.2) is 17.6 Å². The lowest BCUT2D eigenvalue weighted by Crippen LogP contribution is -2.25. The maximum absolute atomic E-state index is 12.1. The molecule has 0 aromatic carbocycles. The number of hydrogen-bond acceptors (Lipinski definition) is 3. The highest BCUT2D eigenvalue weighted by Gasteiger charge is 2.56. The Morgan fingerprint density at radius 2 is 1.43 bits per heavy atom. The monoisotopic (exact) mass is 227 g/mol. The maximum Gasteiger partial charge on any atom is 0.455 e. The van der Waals surface area contributed by atoms with Crippen LogP contribution in [-0.2, 0) is 9.88 Å². The molecular weight excluding hydrogens is 227 g/mol. The number of allylic oxidation sites excluding steroid dienone is 2. The Morgan fingerprint density at radius 1 is 0.929 bits per heavy atom. The molecule has 0 N–H and O–H groups in total. The topological polar surface area (TPSA) is 21.7 Å². The van der Waals surface area contributed by atoms with Crippen LogP contribution in [0.2, 0.25) is 0 Å². The molecule has 0 aromatic rings. The van der Waals surface area contributed by atoms with E-state index in [1.165, 1.54) is 0 Å². The van der Waals surface area contributed by atoms with Gasteiger partial charge in [-0.15, -0.1) is 0 Å². The third kappa shape index (κ3) is 1.84. The Labute approximate surface area is 71.1 Å². The summed E-state index contributed by atoms with van der Waals surface area (Å²) < 4.78 is 82.7. The molecule has 0 spiro atoms. The van der Waals surface area contributed by atoms with Crippen molar-refractivity contribution in [1.82, 2.24) is 5.29 Å². The molecule has 10 heteroatoms. The second kappa shape index (κ2) is 2.90. The molecule has 0 atom stereocenters. The number of nitrogens with zero attached hydrogens (tertiary/aromatic N) is 1. The summed E-state index contributed by atoms with van der Waals surface area (Å²) in [4.78, 5) is 6.04. The van der Waals surface area contributed by atoms with Crippen LogP contribution < -0.4 is 0 Å². The molecule has 0 unspecified atom stereocenters. The Kier molecular flexibility index (Phi) is 2.26. The van der Waals surface area contributed by atoms with Crippen molar-refractivity contribution in [2.75, 3.05) is 0 Å². The van der Waals surface area contributed by atoms with Crippen molar-refractivity contribution in [2.45, 2.75) is 12.4 Å². The Morgan fingerprint density at radius 3 is 1.71 bits per heavy atom. The first-order valence-corrected chi connectivity index (χ1v) is 2.83. The van der Waals surface area contributed by atoms with Gasteiger partial charge in [-0.25, -0.2) is 0 Å². The average molecular weight is 227 g/mol. The molecule has 0 bridgehead atoms. The molecule has 1 aliphatic heterocycles. The van der Waals surface area contributed by atoms with E-state index in [9.17, 15) is 30.8 Å². The SMILES string of the molecule is FN1OOC(C(F)(F)F)=C1C(F)(F)F. The first-order valence-electron chi connectivity index (χ1n) is 2.83. The predicted molar refractivity (Wildman–Crippen MR) is 24.3 cm³/mol. The van der Waals surface area contributed by atoms with Crippen LogP contribution in [0.25, 0.3) is 0 Å². The lowest BCUT2D eigenvalue weighted by atomic mass is 10.3. The van der Waals surface area contributed by atoms with Crippen molar-refractivity contribution in [3.8, 4) is 0 Å². The van der Waals surface area contributed by atoms with Gasteiger partial charge in [0.2, 0.25) is 5.70 Å². The molecule has 3 nitrogen and oxygen atoms in total. The van der Waals surface area contributed by atoms with Crippen LogP contribution in [0, 0.1) is 0 Å². The highest BCUT2D eigenvalue weighted by molar-refractivity contribution is 5.16. The van der Waals surface area contributed by atoms with Gasteiger partial charge in [0, 0.05) is 0 Å². The van der Waals surface area contributed by atoms with E-state index >= 15 is 0 Å². The molecule has 14 heavy (non-hydrogen) atoms. The summed E-state index contributed by atoms with van der Waals surface area (Å²) in [7, 11) is 0. The second-order valence-electron chi connectivity index (χ2n) is 2.08. The van der Waals surface area contributed by atoms with E-state index in [2.05, 4.69) is 9.88 Å². The zero-order chi connectivity index (χ0) is 11.1. The summed E-state index contributed by atoms with van der Waals surface area (Å²) in [6.07, 6.45) is -11.0. The van der Waals surface area contributed by atoms with Crippen LogP contribution in [0.3, 0.4) is 0 Å². The van der Waals surface area contributed by atoms with E-state index in [1.807, 2.05) is 0 Å². The van der Waals surface area contributed by atoms with Gasteiger partial charge in [0.05, 0.1) is 0 Å². The van der Waals surface area contributed by atoms with Crippen LogP contribution in [0.5, 0.6) is 0 Å². The summed E-state index contributed by atoms with van der Waals surface area (Å²) in [6.45, 7) is 0. The van der Waals surface area contributed by atoms with Gasteiger partial charge in [-0.2, -0.15) is 26.3 Å². The molecule has 0 aromatic heterocycles. The minimum Gasteiger partial charge on any atom is -0.304 e. The van der Waals surface area contributed by atoms with Crippen molar-refractivity contribution in [1.29, 1.82) is 0 Å². The summed E-state index contributed by atoms with van der Waals surface area (Å²) >= 11 is 0. The lowest BCUT2D eigenvalue weighted by Gasteiger charge is -2.09. The summed E-state index contributed by atoms with van der Waals surface area (Å²) in [5, 5.41) is -1.64. The largest absolute Gasteiger partial charge is 0.455 e.